The Hall–Kier alpha value is -3.68. The number of carboxylic acids is 1. The van der Waals surface area contributed by atoms with Crippen LogP contribution in [0.1, 0.15) is 28.4 Å². The number of aromatic nitrogens is 2. The van der Waals surface area contributed by atoms with Gasteiger partial charge in [0.15, 0.2) is 12.4 Å². The van der Waals surface area contributed by atoms with Crippen molar-refractivity contribution in [3.63, 3.8) is 0 Å². The summed E-state index contributed by atoms with van der Waals surface area (Å²) in [6, 6.07) is 10.2. The lowest BCUT2D eigenvalue weighted by Gasteiger charge is -2.27. The Kier molecular flexibility index (Phi) is 4.31. The molecule has 1 aliphatic heterocycles. The van der Waals surface area contributed by atoms with Crippen LogP contribution >= 0.6 is 0 Å². The van der Waals surface area contributed by atoms with Gasteiger partial charge in [0.05, 0.1) is 11.8 Å². The molecule has 8 nitrogen and oxygen atoms in total. The first kappa shape index (κ1) is 17.7. The molecule has 142 valence electrons. The summed E-state index contributed by atoms with van der Waals surface area (Å²) in [5.74, 6) is -0.811. The number of Topliss-reactive ketones (excluding diaryl/α,β-unsaturated/α-hetero) is 1. The molecule has 28 heavy (non-hydrogen) atoms. The van der Waals surface area contributed by atoms with Crippen molar-refractivity contribution in [1.29, 1.82) is 0 Å². The molecule has 0 aliphatic carbocycles. The minimum atomic E-state index is -1.08. The van der Waals surface area contributed by atoms with Gasteiger partial charge in [0.1, 0.15) is 28.8 Å². The molecule has 0 radical (unpaired) electrons. The average Bonchev–Trinajstić information content (AvgIpc) is 2.70. The molecular weight excluding hydrogens is 364 g/mol. The summed E-state index contributed by atoms with van der Waals surface area (Å²) in [5.41, 5.74) is 0.665. The Balaban J connectivity index is 1.77. The second-order valence-corrected chi connectivity index (χ2v) is 6.43. The highest BCUT2D eigenvalue weighted by atomic mass is 16.5. The molecule has 2 aromatic heterocycles. The van der Waals surface area contributed by atoms with E-state index >= 15 is 0 Å². The van der Waals surface area contributed by atoms with Crippen LogP contribution in [0.15, 0.2) is 47.4 Å². The number of ketones is 1. The van der Waals surface area contributed by atoms with Crippen LogP contribution in [0.5, 0.6) is 11.5 Å². The number of hydrogen-bond donors (Lipinski definition) is 1. The van der Waals surface area contributed by atoms with E-state index in [1.807, 2.05) is 0 Å². The van der Waals surface area contributed by atoms with Gasteiger partial charge < -0.3 is 14.6 Å². The lowest BCUT2D eigenvalue weighted by molar-refractivity contribution is -0.139. The van der Waals surface area contributed by atoms with Gasteiger partial charge in [0, 0.05) is 13.2 Å². The Morgan fingerprint density at radius 3 is 2.93 bits per heavy atom. The third-order valence-corrected chi connectivity index (χ3v) is 4.60. The SMILES string of the molecule is Cn1c(=O)c2c(c3cccnc31)OC(c1cccc(OCC(=O)O)c1)CC2=O. The van der Waals surface area contributed by atoms with E-state index in [1.54, 1.807) is 49.6 Å². The zero-order chi connectivity index (χ0) is 19.8. The molecule has 3 heterocycles. The van der Waals surface area contributed by atoms with Gasteiger partial charge in [-0.15, -0.1) is 0 Å². The van der Waals surface area contributed by atoms with Crippen molar-refractivity contribution in [2.24, 2.45) is 7.05 Å². The van der Waals surface area contributed by atoms with Crippen LogP contribution in [-0.2, 0) is 11.8 Å². The summed E-state index contributed by atoms with van der Waals surface area (Å²) in [5, 5.41) is 9.33. The molecule has 3 aromatic rings. The van der Waals surface area contributed by atoms with Crippen LogP contribution in [0.4, 0.5) is 0 Å². The van der Waals surface area contributed by atoms with Crippen molar-refractivity contribution in [3.05, 3.63) is 64.1 Å². The van der Waals surface area contributed by atoms with Crippen LogP contribution in [0, 0.1) is 0 Å². The zero-order valence-electron chi connectivity index (χ0n) is 14.9. The molecule has 4 rings (SSSR count). The number of nitrogens with zero attached hydrogens (tertiary/aromatic N) is 2. The molecule has 1 N–H and O–H groups in total. The Labute approximate surface area is 159 Å². The molecule has 0 fully saturated rings. The van der Waals surface area contributed by atoms with E-state index in [0.29, 0.717) is 22.3 Å². The first-order valence-corrected chi connectivity index (χ1v) is 8.58. The number of ether oxygens (including phenoxy) is 2. The van der Waals surface area contributed by atoms with Gasteiger partial charge in [0.25, 0.3) is 5.56 Å². The minimum absolute atomic E-state index is 0.00358. The van der Waals surface area contributed by atoms with Crippen LogP contribution < -0.4 is 15.0 Å². The summed E-state index contributed by atoms with van der Waals surface area (Å²) in [6.07, 6.45) is 0.944. The number of pyridine rings is 2. The van der Waals surface area contributed by atoms with Crippen molar-refractivity contribution in [3.8, 4) is 11.5 Å². The van der Waals surface area contributed by atoms with E-state index in [0.717, 1.165) is 0 Å². The Morgan fingerprint density at radius 1 is 1.32 bits per heavy atom. The molecule has 1 atom stereocenters. The van der Waals surface area contributed by atoms with Crippen LogP contribution in [0.2, 0.25) is 0 Å². The van der Waals surface area contributed by atoms with Crippen molar-refractivity contribution in [1.82, 2.24) is 9.55 Å². The van der Waals surface area contributed by atoms with Gasteiger partial charge in [-0.2, -0.15) is 0 Å². The third kappa shape index (κ3) is 2.98. The summed E-state index contributed by atoms with van der Waals surface area (Å²) in [4.78, 5) is 40.3. The monoisotopic (exact) mass is 380 g/mol. The number of carboxylic acid groups (broad SMARTS) is 1. The van der Waals surface area contributed by atoms with Crippen molar-refractivity contribution < 1.29 is 24.2 Å². The van der Waals surface area contributed by atoms with Gasteiger partial charge in [-0.05, 0) is 29.8 Å². The fourth-order valence-electron chi connectivity index (χ4n) is 3.30. The van der Waals surface area contributed by atoms with Crippen molar-refractivity contribution >= 4 is 22.8 Å². The maximum atomic E-state index is 12.8. The fourth-order valence-corrected chi connectivity index (χ4v) is 3.30. The summed E-state index contributed by atoms with van der Waals surface area (Å²) in [6.45, 7) is -0.469. The average molecular weight is 380 g/mol. The van der Waals surface area contributed by atoms with E-state index in [1.165, 1.54) is 4.57 Å². The van der Waals surface area contributed by atoms with Crippen LogP contribution in [0.25, 0.3) is 11.0 Å². The lowest BCUT2D eigenvalue weighted by atomic mass is 9.96. The zero-order valence-corrected chi connectivity index (χ0v) is 14.9. The molecule has 0 amide bonds. The van der Waals surface area contributed by atoms with E-state index < -0.39 is 24.2 Å². The number of aliphatic carboxylic acids is 1. The molecule has 0 saturated heterocycles. The topological polar surface area (TPSA) is 108 Å². The van der Waals surface area contributed by atoms with Crippen molar-refractivity contribution in [2.75, 3.05) is 6.61 Å². The first-order valence-electron chi connectivity index (χ1n) is 8.58. The third-order valence-electron chi connectivity index (χ3n) is 4.60. The van der Waals surface area contributed by atoms with Gasteiger partial charge in [-0.25, -0.2) is 9.78 Å². The number of aryl methyl sites for hydroxylation is 1. The predicted molar refractivity (Wildman–Crippen MR) is 98.9 cm³/mol. The number of carbonyl (C=O) groups is 2. The first-order chi connectivity index (χ1) is 13.5. The predicted octanol–water partition coefficient (Wildman–Crippen LogP) is 2.10. The normalized spacial score (nSPS) is 15.8. The highest BCUT2D eigenvalue weighted by Crippen LogP contribution is 2.38. The molecule has 0 spiro atoms. The van der Waals surface area contributed by atoms with Gasteiger partial charge >= 0.3 is 5.97 Å². The highest BCUT2D eigenvalue weighted by Gasteiger charge is 2.33. The lowest BCUT2D eigenvalue weighted by Crippen LogP contribution is -2.31. The minimum Gasteiger partial charge on any atom is -0.484 e. The number of fused-ring (bicyclic) bond motifs is 3. The van der Waals surface area contributed by atoms with Gasteiger partial charge in [0.2, 0.25) is 0 Å². The van der Waals surface area contributed by atoms with Gasteiger partial charge in [-0.1, -0.05) is 12.1 Å². The second-order valence-electron chi connectivity index (χ2n) is 6.43. The molecule has 8 heteroatoms. The second kappa shape index (κ2) is 6.80. The maximum Gasteiger partial charge on any atom is 0.341 e. The summed E-state index contributed by atoms with van der Waals surface area (Å²) in [7, 11) is 1.57. The number of hydrogen-bond acceptors (Lipinski definition) is 6. The molecule has 1 aromatic carbocycles. The highest BCUT2D eigenvalue weighted by molar-refractivity contribution is 6.04. The van der Waals surface area contributed by atoms with Crippen molar-refractivity contribution in [2.45, 2.75) is 12.5 Å². The van der Waals surface area contributed by atoms with E-state index in [9.17, 15) is 14.4 Å². The van der Waals surface area contributed by atoms with Crippen LogP contribution in [0.3, 0.4) is 0 Å². The maximum absolute atomic E-state index is 12.8. The largest absolute Gasteiger partial charge is 0.484 e. The smallest absolute Gasteiger partial charge is 0.341 e. The summed E-state index contributed by atoms with van der Waals surface area (Å²) < 4.78 is 12.6. The molecular formula is C20H16N2O6. The number of rotatable bonds is 4. The molecule has 1 unspecified atom stereocenters. The number of benzene rings is 1. The van der Waals surface area contributed by atoms with E-state index in [2.05, 4.69) is 4.98 Å². The standard InChI is InChI=1S/C20H16N2O6/c1-22-19-13(6-3-7-21-19)18-17(20(22)26)14(23)9-15(28-18)11-4-2-5-12(8-11)27-10-16(24)25/h2-8,15H,9-10H2,1H3,(H,24,25). The van der Waals surface area contributed by atoms with Gasteiger partial charge in [-0.3, -0.25) is 14.2 Å². The Bertz CT molecular complexity index is 1170. The molecule has 0 bridgehead atoms. The number of carbonyl (C=O) groups excluding carboxylic acids is 1. The summed E-state index contributed by atoms with van der Waals surface area (Å²) >= 11 is 0. The van der Waals surface area contributed by atoms with Crippen LogP contribution in [-0.4, -0.2) is 33.0 Å². The molecule has 0 saturated carbocycles. The van der Waals surface area contributed by atoms with E-state index in [4.69, 9.17) is 14.6 Å². The Morgan fingerprint density at radius 2 is 2.14 bits per heavy atom. The fraction of sp³-hybridized carbons (Fsp3) is 0.200. The van der Waals surface area contributed by atoms with E-state index in [-0.39, 0.29) is 23.5 Å². The quantitative estimate of drug-likeness (QED) is 0.738. The molecule has 1 aliphatic rings.